The summed E-state index contributed by atoms with van der Waals surface area (Å²) >= 11 is 1.13. The first kappa shape index (κ1) is 24.2. The van der Waals surface area contributed by atoms with Crippen LogP contribution in [0, 0.1) is 0 Å². The third-order valence-corrected chi connectivity index (χ3v) is 6.00. The predicted octanol–water partition coefficient (Wildman–Crippen LogP) is 3.06. The monoisotopic (exact) mass is 506 g/mol. The van der Waals surface area contributed by atoms with Crippen LogP contribution in [0.25, 0.3) is 27.0 Å². The summed E-state index contributed by atoms with van der Waals surface area (Å²) in [5, 5.41) is 10.1. The van der Waals surface area contributed by atoms with Gasteiger partial charge in [-0.15, -0.1) is 0 Å². The molecule has 2 heterocycles. The van der Waals surface area contributed by atoms with Crippen molar-refractivity contribution in [3.05, 3.63) is 75.1 Å². The standard InChI is InChI=1S/C22H17F3N4O5S/c1-27-17(22(23,24)25)10-18(30)29(21(27)32)12-7-8-16-14(9-12)20(26-35-16)13-5-3-4-6-15(13)34-11-19(31)28(2)33/h3-10,33H,11H2,1-2H3. The molecule has 0 unspecified atom stereocenters. The van der Waals surface area contributed by atoms with Gasteiger partial charge >= 0.3 is 11.9 Å². The van der Waals surface area contributed by atoms with Crippen LogP contribution in [0.3, 0.4) is 0 Å². The quantitative estimate of drug-likeness (QED) is 0.330. The molecule has 4 aromatic rings. The van der Waals surface area contributed by atoms with E-state index in [-0.39, 0.29) is 5.69 Å². The van der Waals surface area contributed by atoms with E-state index in [1.807, 2.05) is 0 Å². The highest BCUT2D eigenvalue weighted by Crippen LogP contribution is 2.37. The molecule has 0 saturated carbocycles. The van der Waals surface area contributed by atoms with Gasteiger partial charge in [-0.1, -0.05) is 12.1 Å². The maximum Gasteiger partial charge on any atom is 0.431 e. The zero-order chi connectivity index (χ0) is 25.5. The second kappa shape index (κ2) is 9.00. The van der Waals surface area contributed by atoms with Gasteiger partial charge < -0.3 is 4.74 Å². The van der Waals surface area contributed by atoms with Gasteiger partial charge in [0.05, 0.1) is 16.1 Å². The number of amides is 1. The Morgan fingerprint density at radius 1 is 1.17 bits per heavy atom. The first-order valence-corrected chi connectivity index (χ1v) is 10.7. The van der Waals surface area contributed by atoms with Crippen molar-refractivity contribution in [2.75, 3.05) is 13.7 Å². The van der Waals surface area contributed by atoms with Gasteiger partial charge in [-0.2, -0.15) is 17.5 Å². The number of hydrogen-bond donors (Lipinski definition) is 1. The number of benzene rings is 2. The Hall–Kier alpha value is -3.97. The molecule has 0 aliphatic carbocycles. The molecule has 182 valence electrons. The van der Waals surface area contributed by atoms with Crippen molar-refractivity contribution in [2.45, 2.75) is 6.18 Å². The van der Waals surface area contributed by atoms with Crippen LogP contribution in [-0.2, 0) is 18.0 Å². The van der Waals surface area contributed by atoms with E-state index in [1.165, 1.54) is 19.2 Å². The molecule has 0 spiro atoms. The molecule has 0 saturated heterocycles. The molecule has 1 amide bonds. The highest BCUT2D eigenvalue weighted by atomic mass is 32.1. The minimum absolute atomic E-state index is 0.0637. The van der Waals surface area contributed by atoms with E-state index >= 15 is 0 Å². The Bertz CT molecular complexity index is 1560. The SMILES string of the molecule is CN(O)C(=O)COc1ccccc1-c1nsc2ccc(-n3c(=O)cc(C(F)(F)F)n(C)c3=O)cc12. The Labute approximate surface area is 199 Å². The number of para-hydroxylation sites is 1. The Kier molecular flexibility index (Phi) is 6.21. The lowest BCUT2D eigenvalue weighted by molar-refractivity contribution is -0.161. The number of hydrogen-bond acceptors (Lipinski definition) is 7. The third kappa shape index (κ3) is 4.55. The van der Waals surface area contributed by atoms with Crippen LogP contribution in [0.1, 0.15) is 5.69 Å². The molecule has 2 aromatic carbocycles. The number of hydroxylamine groups is 2. The van der Waals surface area contributed by atoms with Gasteiger partial charge in [0, 0.05) is 31.1 Å². The minimum atomic E-state index is -4.86. The molecular formula is C22H17F3N4O5S. The molecule has 4 rings (SSSR count). The molecule has 0 radical (unpaired) electrons. The average molecular weight is 506 g/mol. The first-order valence-electron chi connectivity index (χ1n) is 9.96. The van der Waals surface area contributed by atoms with Crippen LogP contribution >= 0.6 is 11.5 Å². The predicted molar refractivity (Wildman–Crippen MR) is 121 cm³/mol. The summed E-state index contributed by atoms with van der Waals surface area (Å²) in [6.07, 6.45) is -4.86. The third-order valence-electron chi connectivity index (χ3n) is 5.18. The summed E-state index contributed by atoms with van der Waals surface area (Å²) < 4.78 is 51.2. The van der Waals surface area contributed by atoms with E-state index < -0.39 is 35.6 Å². The topological polar surface area (TPSA) is 107 Å². The molecule has 0 atom stereocenters. The summed E-state index contributed by atoms with van der Waals surface area (Å²) in [5.41, 5.74) is -2.64. The minimum Gasteiger partial charge on any atom is -0.483 e. The van der Waals surface area contributed by atoms with E-state index in [0.717, 1.165) is 18.6 Å². The Morgan fingerprint density at radius 3 is 2.57 bits per heavy atom. The Balaban J connectivity index is 1.83. The smallest absolute Gasteiger partial charge is 0.431 e. The molecule has 1 N–H and O–H groups in total. The lowest BCUT2D eigenvalue weighted by Crippen LogP contribution is -2.40. The summed E-state index contributed by atoms with van der Waals surface area (Å²) in [7, 11) is 2.11. The first-order chi connectivity index (χ1) is 16.5. The fourth-order valence-electron chi connectivity index (χ4n) is 3.42. The highest BCUT2D eigenvalue weighted by Gasteiger charge is 2.35. The molecule has 0 aliphatic heterocycles. The second-order valence-electron chi connectivity index (χ2n) is 7.46. The van der Waals surface area contributed by atoms with Crippen LogP contribution in [0.5, 0.6) is 5.75 Å². The van der Waals surface area contributed by atoms with E-state index in [9.17, 15) is 32.8 Å². The van der Waals surface area contributed by atoms with Crippen LogP contribution in [0.2, 0.25) is 0 Å². The molecule has 35 heavy (non-hydrogen) atoms. The largest absolute Gasteiger partial charge is 0.483 e. The number of nitrogens with zero attached hydrogens (tertiary/aromatic N) is 4. The molecule has 13 heteroatoms. The van der Waals surface area contributed by atoms with Crippen LogP contribution in [-0.4, -0.2) is 43.3 Å². The van der Waals surface area contributed by atoms with Crippen molar-refractivity contribution in [1.82, 2.24) is 18.6 Å². The number of aromatic nitrogens is 3. The van der Waals surface area contributed by atoms with E-state index in [2.05, 4.69) is 4.37 Å². The number of alkyl halides is 3. The van der Waals surface area contributed by atoms with Crippen molar-refractivity contribution in [2.24, 2.45) is 7.05 Å². The van der Waals surface area contributed by atoms with Crippen molar-refractivity contribution in [3.8, 4) is 22.7 Å². The summed E-state index contributed by atoms with van der Waals surface area (Å²) in [4.78, 5) is 36.9. The second-order valence-corrected chi connectivity index (χ2v) is 8.26. The van der Waals surface area contributed by atoms with Crippen LogP contribution in [0.15, 0.2) is 58.1 Å². The fourth-order valence-corrected chi connectivity index (χ4v) is 4.19. The zero-order valence-corrected chi connectivity index (χ0v) is 19.1. The van der Waals surface area contributed by atoms with Gasteiger partial charge in [-0.25, -0.2) is 14.4 Å². The summed E-state index contributed by atoms with van der Waals surface area (Å²) in [6.45, 7) is -0.436. The van der Waals surface area contributed by atoms with Crippen molar-refractivity contribution in [3.63, 3.8) is 0 Å². The van der Waals surface area contributed by atoms with Gasteiger partial charge in [-0.3, -0.25) is 19.4 Å². The molecule has 0 fully saturated rings. The summed E-state index contributed by atoms with van der Waals surface area (Å²) in [6, 6.07) is 11.6. The normalized spacial score (nSPS) is 11.6. The van der Waals surface area contributed by atoms with Crippen molar-refractivity contribution < 1.29 is 27.9 Å². The molecule has 9 nitrogen and oxygen atoms in total. The summed E-state index contributed by atoms with van der Waals surface area (Å²) in [5.74, 6) is -0.384. The van der Waals surface area contributed by atoms with Gasteiger partial charge in [0.1, 0.15) is 11.4 Å². The number of likely N-dealkylation sites (N-methyl/N-ethyl adjacent to an activating group) is 1. The maximum absolute atomic E-state index is 13.2. The lowest BCUT2D eigenvalue weighted by atomic mass is 10.1. The number of rotatable bonds is 5. The molecular weight excluding hydrogens is 489 g/mol. The lowest BCUT2D eigenvalue weighted by Gasteiger charge is -2.14. The van der Waals surface area contributed by atoms with Gasteiger partial charge in [0.2, 0.25) is 0 Å². The van der Waals surface area contributed by atoms with Crippen molar-refractivity contribution in [1.29, 1.82) is 0 Å². The highest BCUT2D eigenvalue weighted by molar-refractivity contribution is 7.13. The number of carbonyl (C=O) groups excluding carboxylic acids is 1. The number of fused-ring (bicyclic) bond motifs is 1. The number of carbonyl (C=O) groups is 1. The average Bonchev–Trinajstić information content (AvgIpc) is 3.22. The Morgan fingerprint density at radius 2 is 1.89 bits per heavy atom. The zero-order valence-electron chi connectivity index (χ0n) is 18.2. The van der Waals surface area contributed by atoms with Crippen LogP contribution in [0.4, 0.5) is 13.2 Å². The number of halogens is 3. The van der Waals surface area contributed by atoms with E-state index in [0.29, 0.717) is 47.4 Å². The van der Waals surface area contributed by atoms with Gasteiger partial charge in [-0.05, 0) is 41.9 Å². The molecule has 0 bridgehead atoms. The van der Waals surface area contributed by atoms with Crippen molar-refractivity contribution >= 4 is 27.5 Å². The molecule has 2 aromatic heterocycles. The van der Waals surface area contributed by atoms with Gasteiger partial charge in [0.15, 0.2) is 6.61 Å². The maximum atomic E-state index is 13.2. The number of ether oxygens (including phenoxy) is 1. The van der Waals surface area contributed by atoms with E-state index in [4.69, 9.17) is 4.74 Å². The van der Waals surface area contributed by atoms with Crippen LogP contribution < -0.4 is 16.0 Å². The fraction of sp³-hybridized carbons (Fsp3) is 0.182. The van der Waals surface area contributed by atoms with Gasteiger partial charge in [0.25, 0.3) is 11.5 Å². The van der Waals surface area contributed by atoms with E-state index in [1.54, 1.807) is 30.3 Å². The molecule has 0 aliphatic rings.